The summed E-state index contributed by atoms with van der Waals surface area (Å²) in [6.07, 6.45) is 0. The molecule has 0 saturated carbocycles. The van der Waals surface area contributed by atoms with Gasteiger partial charge in [0.25, 0.3) is 0 Å². The summed E-state index contributed by atoms with van der Waals surface area (Å²) in [6.45, 7) is 0. The SMILES string of the molecule is c1ccc(-c2ccc(-c3ccc4c5cc6c(cc5n(-c5ccccc5)c4c3)oc3ccccc36)c3ccccc23)cc1. The Balaban J connectivity index is 1.34. The van der Waals surface area contributed by atoms with Crippen LogP contribution in [0.4, 0.5) is 0 Å². The molecule has 0 N–H and O–H groups in total. The molecule has 2 heteroatoms. The van der Waals surface area contributed by atoms with Gasteiger partial charge in [0.1, 0.15) is 11.2 Å². The van der Waals surface area contributed by atoms with Crippen LogP contribution >= 0.6 is 0 Å². The fourth-order valence-electron chi connectivity index (χ4n) is 6.68. The van der Waals surface area contributed by atoms with Gasteiger partial charge in [-0.3, -0.25) is 0 Å². The number of hydrogen-bond acceptors (Lipinski definition) is 1. The number of nitrogens with zero attached hydrogens (tertiary/aromatic N) is 1. The lowest BCUT2D eigenvalue weighted by Gasteiger charge is -2.13. The maximum Gasteiger partial charge on any atom is 0.137 e. The van der Waals surface area contributed by atoms with E-state index in [4.69, 9.17) is 4.42 Å². The summed E-state index contributed by atoms with van der Waals surface area (Å²) in [7, 11) is 0. The Labute approximate surface area is 242 Å². The van der Waals surface area contributed by atoms with Crippen molar-refractivity contribution in [2.75, 3.05) is 0 Å². The van der Waals surface area contributed by atoms with Crippen molar-refractivity contribution in [2.45, 2.75) is 0 Å². The van der Waals surface area contributed by atoms with Crippen molar-refractivity contribution in [3.8, 4) is 27.9 Å². The number of para-hydroxylation sites is 2. The van der Waals surface area contributed by atoms with Crippen LogP contribution < -0.4 is 0 Å². The van der Waals surface area contributed by atoms with Gasteiger partial charge in [-0.05, 0) is 63.4 Å². The summed E-state index contributed by atoms with van der Waals surface area (Å²) in [4.78, 5) is 0. The summed E-state index contributed by atoms with van der Waals surface area (Å²) in [6, 6.07) is 54.3. The third-order valence-corrected chi connectivity index (χ3v) is 8.60. The molecule has 0 unspecified atom stereocenters. The minimum Gasteiger partial charge on any atom is -0.456 e. The molecule has 0 aliphatic carbocycles. The molecule has 0 saturated heterocycles. The van der Waals surface area contributed by atoms with E-state index < -0.39 is 0 Å². The average molecular weight is 536 g/mol. The van der Waals surface area contributed by atoms with Crippen LogP contribution in [-0.4, -0.2) is 4.57 Å². The van der Waals surface area contributed by atoms with E-state index >= 15 is 0 Å². The van der Waals surface area contributed by atoms with Crippen molar-refractivity contribution in [1.29, 1.82) is 0 Å². The number of rotatable bonds is 3. The first-order valence-electron chi connectivity index (χ1n) is 14.4. The zero-order chi connectivity index (χ0) is 27.6. The molecule has 7 aromatic carbocycles. The molecule has 2 aromatic heterocycles. The molecule has 2 nitrogen and oxygen atoms in total. The number of furan rings is 1. The quantitative estimate of drug-likeness (QED) is 0.220. The molecule has 9 rings (SSSR count). The lowest BCUT2D eigenvalue weighted by Crippen LogP contribution is -1.93. The molecule has 42 heavy (non-hydrogen) atoms. The molecule has 0 fully saturated rings. The third-order valence-electron chi connectivity index (χ3n) is 8.60. The molecule has 0 atom stereocenters. The van der Waals surface area contributed by atoms with E-state index in [1.807, 2.05) is 12.1 Å². The van der Waals surface area contributed by atoms with E-state index in [0.29, 0.717) is 0 Å². The van der Waals surface area contributed by atoms with Crippen molar-refractivity contribution in [3.63, 3.8) is 0 Å². The second-order valence-corrected chi connectivity index (χ2v) is 10.9. The van der Waals surface area contributed by atoms with Crippen LogP contribution in [0.1, 0.15) is 0 Å². The van der Waals surface area contributed by atoms with Crippen molar-refractivity contribution in [2.24, 2.45) is 0 Å². The van der Waals surface area contributed by atoms with E-state index in [2.05, 4.69) is 144 Å². The van der Waals surface area contributed by atoms with E-state index in [1.54, 1.807) is 0 Å². The van der Waals surface area contributed by atoms with Gasteiger partial charge < -0.3 is 8.98 Å². The molecule has 0 aliphatic rings. The molecule has 0 amide bonds. The summed E-state index contributed by atoms with van der Waals surface area (Å²) in [5, 5.41) is 7.27. The fraction of sp³-hybridized carbons (Fsp3) is 0. The fourth-order valence-corrected chi connectivity index (χ4v) is 6.68. The highest BCUT2D eigenvalue weighted by Crippen LogP contribution is 2.41. The van der Waals surface area contributed by atoms with Crippen molar-refractivity contribution in [1.82, 2.24) is 4.57 Å². The Morgan fingerprint density at radius 1 is 0.357 bits per heavy atom. The topological polar surface area (TPSA) is 18.1 Å². The van der Waals surface area contributed by atoms with Gasteiger partial charge in [-0.25, -0.2) is 0 Å². The zero-order valence-electron chi connectivity index (χ0n) is 22.8. The molecule has 0 spiro atoms. The van der Waals surface area contributed by atoms with Gasteiger partial charge in [-0.15, -0.1) is 0 Å². The van der Waals surface area contributed by atoms with Gasteiger partial charge in [0.2, 0.25) is 0 Å². The number of fused-ring (bicyclic) bond motifs is 7. The van der Waals surface area contributed by atoms with Crippen molar-refractivity contribution in [3.05, 3.63) is 152 Å². The van der Waals surface area contributed by atoms with Crippen molar-refractivity contribution < 1.29 is 4.42 Å². The van der Waals surface area contributed by atoms with Crippen LogP contribution in [0.25, 0.3) is 82.5 Å². The molecular formula is C40H25NO. The average Bonchev–Trinajstić information content (AvgIpc) is 3.58. The van der Waals surface area contributed by atoms with Crippen LogP contribution in [0.5, 0.6) is 0 Å². The van der Waals surface area contributed by atoms with E-state index in [1.165, 1.54) is 49.3 Å². The van der Waals surface area contributed by atoms with E-state index in [0.717, 1.165) is 33.1 Å². The first kappa shape index (κ1) is 23.1. The zero-order valence-corrected chi connectivity index (χ0v) is 22.8. The molecular weight excluding hydrogens is 510 g/mol. The molecule has 0 aliphatic heterocycles. The van der Waals surface area contributed by atoms with Crippen LogP contribution in [0.15, 0.2) is 156 Å². The number of aromatic nitrogens is 1. The predicted molar refractivity (Wildman–Crippen MR) is 176 cm³/mol. The molecule has 0 radical (unpaired) electrons. The van der Waals surface area contributed by atoms with Gasteiger partial charge in [0.05, 0.1) is 11.0 Å². The number of hydrogen-bond donors (Lipinski definition) is 0. The summed E-state index contributed by atoms with van der Waals surface area (Å²) < 4.78 is 8.70. The van der Waals surface area contributed by atoms with Crippen LogP contribution in [0.2, 0.25) is 0 Å². The highest BCUT2D eigenvalue weighted by Gasteiger charge is 2.18. The van der Waals surface area contributed by atoms with Gasteiger partial charge in [0, 0.05) is 33.3 Å². The molecule has 2 heterocycles. The maximum absolute atomic E-state index is 6.32. The normalized spacial score (nSPS) is 11.8. The Morgan fingerprint density at radius 2 is 0.976 bits per heavy atom. The first-order valence-corrected chi connectivity index (χ1v) is 14.4. The summed E-state index contributed by atoms with van der Waals surface area (Å²) >= 11 is 0. The van der Waals surface area contributed by atoms with Gasteiger partial charge in [-0.1, -0.05) is 115 Å². The van der Waals surface area contributed by atoms with E-state index in [9.17, 15) is 0 Å². The Kier molecular flexibility index (Phi) is 4.93. The molecule has 196 valence electrons. The van der Waals surface area contributed by atoms with Crippen LogP contribution in [-0.2, 0) is 0 Å². The molecule has 0 bridgehead atoms. The Morgan fingerprint density at radius 3 is 1.74 bits per heavy atom. The number of benzene rings is 7. The third kappa shape index (κ3) is 3.39. The summed E-state index contributed by atoms with van der Waals surface area (Å²) in [5.74, 6) is 0. The molecule has 9 aromatic rings. The minimum atomic E-state index is 0.909. The lowest BCUT2D eigenvalue weighted by molar-refractivity contribution is 0.669. The van der Waals surface area contributed by atoms with Crippen molar-refractivity contribution >= 4 is 54.5 Å². The lowest BCUT2D eigenvalue weighted by atomic mass is 9.92. The Bertz CT molecular complexity index is 2450. The largest absolute Gasteiger partial charge is 0.456 e. The first-order chi connectivity index (χ1) is 20.8. The highest BCUT2D eigenvalue weighted by atomic mass is 16.3. The maximum atomic E-state index is 6.32. The smallest absolute Gasteiger partial charge is 0.137 e. The van der Waals surface area contributed by atoms with E-state index in [-0.39, 0.29) is 0 Å². The van der Waals surface area contributed by atoms with Gasteiger partial charge in [-0.2, -0.15) is 0 Å². The van der Waals surface area contributed by atoms with Gasteiger partial charge >= 0.3 is 0 Å². The summed E-state index contributed by atoms with van der Waals surface area (Å²) in [5.41, 5.74) is 10.2. The Hall–Kier alpha value is -5.60. The standard InChI is InChI=1S/C40H25NO/c1-3-11-26(12-4-1)29-21-22-30(32-16-8-7-15-31(29)32)27-19-20-33-35-24-36-34-17-9-10-18-39(34)42-40(36)25-38(35)41(37(33)23-27)28-13-5-2-6-14-28/h1-25H. The predicted octanol–water partition coefficient (Wildman–Crippen LogP) is 11.2. The minimum absolute atomic E-state index is 0.909. The second-order valence-electron chi connectivity index (χ2n) is 10.9. The second kappa shape index (κ2) is 8.95. The monoisotopic (exact) mass is 535 g/mol. The van der Waals surface area contributed by atoms with Gasteiger partial charge in [0.15, 0.2) is 0 Å². The van der Waals surface area contributed by atoms with Crippen LogP contribution in [0.3, 0.4) is 0 Å². The highest BCUT2D eigenvalue weighted by molar-refractivity contribution is 6.18. The van der Waals surface area contributed by atoms with Crippen LogP contribution in [0, 0.1) is 0 Å².